The molecular formula is C55H63N11O16S2. The molecule has 6 aromatic rings. The number of carboxylic acid groups (broad SMARTS) is 1. The zero-order chi connectivity index (χ0) is 61.1. The molecule has 0 radical (unpaired) electrons. The Balaban J connectivity index is 1.09. The van der Waals surface area contributed by atoms with Crippen molar-refractivity contribution < 1.29 is 76.1 Å². The van der Waals surface area contributed by atoms with Crippen LogP contribution in [0.1, 0.15) is 124 Å². The highest BCUT2D eigenvalue weighted by atomic mass is 32.2. The summed E-state index contributed by atoms with van der Waals surface area (Å²) in [5, 5.41) is 14.1. The van der Waals surface area contributed by atoms with Crippen molar-refractivity contribution >= 4 is 109 Å². The number of nitrogens with one attached hydrogen (secondary N) is 2. The van der Waals surface area contributed by atoms with Gasteiger partial charge in [-0.3, -0.25) is 58.2 Å². The van der Waals surface area contributed by atoms with E-state index in [1.54, 1.807) is 47.5 Å². The summed E-state index contributed by atoms with van der Waals surface area (Å²) in [6.45, 7) is 7.56. The highest BCUT2D eigenvalue weighted by Gasteiger charge is 2.39. The van der Waals surface area contributed by atoms with Crippen LogP contribution in [-0.2, 0) is 59.4 Å². The smallest absolute Gasteiger partial charge is 0.317 e. The number of nitrogens with two attached hydrogens (primary N) is 2. The minimum Gasteiger partial charge on any atom is -0.494 e. The molecule has 3 atom stereocenters. The van der Waals surface area contributed by atoms with Gasteiger partial charge in [0.25, 0.3) is 5.91 Å². The number of aromatic nitrogens is 5. The van der Waals surface area contributed by atoms with Gasteiger partial charge in [-0.2, -0.15) is 16.8 Å². The lowest BCUT2D eigenvalue weighted by Crippen LogP contribution is -2.40. The summed E-state index contributed by atoms with van der Waals surface area (Å²) >= 11 is 2.29. The van der Waals surface area contributed by atoms with Crippen molar-refractivity contribution in [3.05, 3.63) is 87.0 Å². The lowest BCUT2D eigenvalue weighted by molar-refractivity contribution is -0.149. The van der Waals surface area contributed by atoms with Crippen molar-refractivity contribution in [2.75, 3.05) is 38.4 Å². The molecule has 7 N–H and O–H groups in total. The zero-order valence-corrected chi connectivity index (χ0v) is 48.7. The number of imidazole rings is 1. The second kappa shape index (κ2) is 27.9. The Bertz CT molecular complexity index is 3680. The minimum atomic E-state index is -1.20. The molecule has 0 spiro atoms. The van der Waals surface area contributed by atoms with Gasteiger partial charge in [-0.1, -0.05) is 37.3 Å². The summed E-state index contributed by atoms with van der Waals surface area (Å²) in [5.74, 6) is -7.31. The molecule has 1 unspecified atom stereocenters. The number of rotatable bonds is 29. The predicted octanol–water partition coefficient (Wildman–Crippen LogP) is 4.36. The molecule has 0 saturated carbocycles. The fourth-order valence-electron chi connectivity index (χ4n) is 9.16. The van der Waals surface area contributed by atoms with E-state index in [1.807, 2.05) is 13.8 Å². The summed E-state index contributed by atoms with van der Waals surface area (Å²) in [6, 6.07) is 5.86. The minimum absolute atomic E-state index is 0.00393. The maximum Gasteiger partial charge on any atom is 0.317 e. The van der Waals surface area contributed by atoms with Gasteiger partial charge in [-0.15, -0.1) is 0 Å². The summed E-state index contributed by atoms with van der Waals surface area (Å²) in [4.78, 5) is 147. The highest BCUT2D eigenvalue weighted by Crippen LogP contribution is 2.33. The number of ether oxygens (including phenoxy) is 3. The number of amides is 7. The van der Waals surface area contributed by atoms with E-state index in [0.717, 1.165) is 16.2 Å². The van der Waals surface area contributed by atoms with Gasteiger partial charge in [0.1, 0.15) is 28.6 Å². The van der Waals surface area contributed by atoms with Crippen LogP contribution in [0.4, 0.5) is 5.95 Å². The third kappa shape index (κ3) is 15.0. The largest absolute Gasteiger partial charge is 0.494 e. The van der Waals surface area contributed by atoms with E-state index in [9.17, 15) is 53.1 Å². The van der Waals surface area contributed by atoms with Gasteiger partial charge >= 0.3 is 17.8 Å². The predicted molar refractivity (Wildman–Crippen MR) is 303 cm³/mol. The van der Waals surface area contributed by atoms with Gasteiger partial charge < -0.3 is 54.1 Å². The Morgan fingerprint density at radius 2 is 1.54 bits per heavy atom. The quantitative estimate of drug-likeness (QED) is 0.0188. The number of thioether (sulfide) groups is 1. The van der Waals surface area contributed by atoms with Crippen molar-refractivity contribution in [2.24, 2.45) is 22.4 Å². The molecule has 7 rings (SSSR count). The summed E-state index contributed by atoms with van der Waals surface area (Å²) in [7, 11) is 1.42. The number of aryl methyl sites for hydroxylation is 4. The summed E-state index contributed by atoms with van der Waals surface area (Å²) in [5.41, 5.74) is 13.4. The number of carbonyl (C=O) groups is 10. The number of benzene rings is 2. The first-order valence-electron chi connectivity index (χ1n) is 26.6. The third-order valence-corrected chi connectivity index (χ3v) is 15.2. The number of hydrogen-bond acceptors (Lipinski definition) is 20. The molecule has 7 amide bonds. The van der Waals surface area contributed by atoms with Crippen molar-refractivity contribution in [2.45, 2.75) is 110 Å². The first-order valence-corrected chi connectivity index (χ1v) is 28.7. The number of fused-ring (bicyclic) bond motifs is 2. The number of esters is 1. The molecule has 0 aliphatic carbocycles. The second-order valence-electron chi connectivity index (χ2n) is 19.3. The Kier molecular flexibility index (Phi) is 20.8. The van der Waals surface area contributed by atoms with Crippen LogP contribution < -0.4 is 36.4 Å². The number of ketones is 1. The molecule has 2 aromatic carbocycles. The number of oxazole rings is 2. The Morgan fingerprint density at radius 1 is 0.893 bits per heavy atom. The molecule has 5 heterocycles. The number of primary amides is 2. The van der Waals surface area contributed by atoms with E-state index in [2.05, 4.69) is 25.6 Å². The number of Topliss-reactive ketones (excluding diaryl/α,β-unsaturated/α-hetero) is 1. The van der Waals surface area contributed by atoms with E-state index in [1.165, 1.54) is 44.0 Å². The molecule has 446 valence electrons. The Morgan fingerprint density at radius 3 is 2.17 bits per heavy atom. The summed E-state index contributed by atoms with van der Waals surface area (Å²) in [6.07, 6.45) is 3.82. The van der Waals surface area contributed by atoms with Gasteiger partial charge in [0.15, 0.2) is 22.4 Å². The van der Waals surface area contributed by atoms with Crippen LogP contribution in [0.25, 0.3) is 21.3 Å². The van der Waals surface area contributed by atoms with Crippen LogP contribution in [0.3, 0.4) is 0 Å². The third-order valence-electron chi connectivity index (χ3n) is 13.2. The molecule has 1 aliphatic rings. The van der Waals surface area contributed by atoms with Gasteiger partial charge in [-0.25, -0.2) is 15.0 Å². The van der Waals surface area contributed by atoms with E-state index >= 15 is 0 Å². The number of methoxy groups -OCH3 is 1. The number of carboxylic acids is 1. The number of nitrogens with zero attached hydrogens (tertiary/aromatic N) is 7. The van der Waals surface area contributed by atoms with Crippen molar-refractivity contribution in [3.63, 3.8) is 0 Å². The SMILES string of the molecule is CCc1nc(C)oc1C(=O)N=c1sc2cc(C(N)=O)cc(OC)c2n1C/C=C/Cn1c(NC(=O)c2oc(C)nc2CC)nc2cc(C(N)=O)cc(OCCCC(=O)O[C@@H](C)CNC(=O)[C@H](CCC(=O)O)CC(=O)CN3C(=O)CC(SC)C3=O)c21. The van der Waals surface area contributed by atoms with Gasteiger partial charge in [0.05, 0.1) is 53.7 Å². The first-order chi connectivity index (χ1) is 40.0. The lowest BCUT2D eigenvalue weighted by Gasteiger charge is -2.20. The van der Waals surface area contributed by atoms with Crippen LogP contribution in [0, 0.1) is 19.8 Å². The molecular weight excluding hydrogens is 1130 g/mol. The zero-order valence-electron chi connectivity index (χ0n) is 47.1. The Hall–Kier alpha value is -8.99. The normalized spacial score (nSPS) is 14.3. The van der Waals surface area contributed by atoms with E-state index in [4.69, 9.17) is 39.5 Å². The number of hydrogen-bond donors (Lipinski definition) is 5. The molecule has 84 heavy (non-hydrogen) atoms. The number of likely N-dealkylation sites (tertiary alicyclic amines) is 1. The molecule has 4 aromatic heterocycles. The van der Waals surface area contributed by atoms with E-state index in [0.29, 0.717) is 45.9 Å². The number of carbonyl (C=O) groups excluding carboxylic acids is 9. The maximum absolute atomic E-state index is 13.9. The average Bonchev–Trinajstić information content (AvgIpc) is 2.39. The van der Waals surface area contributed by atoms with Crippen LogP contribution >= 0.6 is 23.1 Å². The fraction of sp³-hybridized carbons (Fsp3) is 0.418. The van der Waals surface area contributed by atoms with Crippen LogP contribution in [0.5, 0.6) is 11.5 Å². The summed E-state index contributed by atoms with van der Waals surface area (Å²) < 4.78 is 32.6. The topological polar surface area (TPSA) is 385 Å². The molecule has 27 nitrogen and oxygen atoms in total. The lowest BCUT2D eigenvalue weighted by atomic mass is 9.95. The van der Waals surface area contributed by atoms with Crippen LogP contribution in [-0.4, -0.2) is 138 Å². The number of allylic oxidation sites excluding steroid dienone is 2. The van der Waals surface area contributed by atoms with Gasteiger partial charge in [0.2, 0.25) is 47.0 Å². The van der Waals surface area contributed by atoms with Crippen LogP contribution in [0.2, 0.25) is 0 Å². The molecule has 0 bridgehead atoms. The van der Waals surface area contributed by atoms with E-state index < -0.39 is 95.7 Å². The fourth-order valence-corrected chi connectivity index (χ4v) is 10.9. The van der Waals surface area contributed by atoms with E-state index in [-0.39, 0.29) is 108 Å². The molecule has 1 fully saturated rings. The average molecular weight is 1200 g/mol. The number of anilines is 1. The second-order valence-corrected chi connectivity index (χ2v) is 21.4. The number of imide groups is 1. The monoisotopic (exact) mass is 1200 g/mol. The highest BCUT2D eigenvalue weighted by molar-refractivity contribution is 8.00. The van der Waals surface area contributed by atoms with Crippen molar-refractivity contribution in [1.29, 1.82) is 0 Å². The Labute approximate surface area is 487 Å². The molecule has 1 saturated heterocycles. The van der Waals surface area contributed by atoms with Crippen molar-refractivity contribution in [1.82, 2.24) is 34.3 Å². The van der Waals surface area contributed by atoms with Crippen LogP contribution in [0.15, 0.2) is 50.2 Å². The van der Waals surface area contributed by atoms with Gasteiger partial charge in [-0.05, 0) is 63.1 Å². The first kappa shape index (κ1) is 62.6. The molecule has 1 aliphatic heterocycles. The van der Waals surface area contributed by atoms with Crippen molar-refractivity contribution in [3.8, 4) is 11.5 Å². The number of thiazole rings is 1. The molecule has 29 heteroatoms. The maximum atomic E-state index is 13.9. The van der Waals surface area contributed by atoms with Gasteiger partial charge in [0, 0.05) is 69.7 Å². The number of aliphatic carboxylic acids is 1. The standard InChI is InChI=1S/C55H63N11O16S2/c1-8-34-46(81-28(4)59-34)51(75)62-54-61-36-20-31(48(56)72)22-38(79-18-12-13-43(71)80-27(3)25-58-50(74)30(14-15-42(69)70)19-33(67)26-66-41(68)24-40(83-7)53(66)77)44(36)64(54)16-10-11-17-65-45-37(78-6)21-32(49(57)73)23-39(45)84-55(65)63-52(76)47-35(9-2)60-29(5)82-47/h10-11,20-23,27,30,40H,8-9,12-19,24-26H2,1-7H3,(H2,56,72)(H2,57,73)(H,58,74)(H,69,70)(H,61,62,75)/b11-10+,63-55?/t27-,30+,40?/m0/s1.